The van der Waals surface area contributed by atoms with Crippen LogP contribution < -0.4 is 15.0 Å². The molecule has 1 amide bonds. The van der Waals surface area contributed by atoms with Gasteiger partial charge in [0.05, 0.1) is 18.8 Å². The number of halogens is 1. The summed E-state index contributed by atoms with van der Waals surface area (Å²) in [5.74, 6) is -0.597. The Morgan fingerprint density at radius 2 is 1.89 bits per heavy atom. The lowest BCUT2D eigenvalue weighted by molar-refractivity contribution is -0.143. The van der Waals surface area contributed by atoms with Crippen LogP contribution in [0.2, 0.25) is 5.02 Å². The van der Waals surface area contributed by atoms with Crippen LogP contribution in [0.15, 0.2) is 60.7 Å². The molecule has 186 valence electrons. The molecule has 0 spiro atoms. The van der Waals surface area contributed by atoms with Crippen molar-refractivity contribution in [1.82, 2.24) is 0 Å². The quantitative estimate of drug-likeness (QED) is 0.436. The Bertz CT molecular complexity index is 1350. The van der Waals surface area contributed by atoms with E-state index in [2.05, 4.69) is 26.1 Å². The van der Waals surface area contributed by atoms with E-state index in [1.165, 1.54) is 7.11 Å². The number of nitrogens with zero attached hydrogens (tertiary/aromatic N) is 1. The van der Waals surface area contributed by atoms with Crippen molar-refractivity contribution >= 4 is 34.9 Å². The van der Waals surface area contributed by atoms with Gasteiger partial charge < -0.3 is 14.8 Å². The molecule has 0 bridgehead atoms. The van der Waals surface area contributed by atoms with Gasteiger partial charge in [0.25, 0.3) is 5.91 Å². The molecule has 0 saturated heterocycles. The van der Waals surface area contributed by atoms with Gasteiger partial charge in [-0.3, -0.25) is 14.5 Å². The summed E-state index contributed by atoms with van der Waals surface area (Å²) in [6, 6.07) is 18.0. The zero-order valence-electron chi connectivity index (χ0n) is 20.8. The highest BCUT2D eigenvalue weighted by Crippen LogP contribution is 2.47. The molecule has 0 fully saturated rings. The molecule has 5 rings (SSSR count). The van der Waals surface area contributed by atoms with Gasteiger partial charge in [0.15, 0.2) is 0 Å². The van der Waals surface area contributed by atoms with Crippen LogP contribution in [0.1, 0.15) is 59.8 Å². The molecular formula is C29H29ClN2O4. The third-order valence-corrected chi connectivity index (χ3v) is 7.17. The molecule has 0 radical (unpaired) electrons. The highest BCUT2D eigenvalue weighted by atomic mass is 35.5. The molecule has 2 heterocycles. The van der Waals surface area contributed by atoms with Gasteiger partial charge in [-0.15, -0.1) is 0 Å². The first-order valence-electron chi connectivity index (χ1n) is 12.0. The smallest absolute Gasteiger partial charge is 0.315 e. The number of esters is 1. The lowest BCUT2D eigenvalue weighted by Gasteiger charge is -2.41. The number of rotatable bonds is 3. The zero-order chi connectivity index (χ0) is 25.6. The molecule has 2 atom stereocenters. The third kappa shape index (κ3) is 4.09. The number of hydrogen-bond donors (Lipinski definition) is 1. The van der Waals surface area contributed by atoms with E-state index >= 15 is 0 Å². The molecule has 2 aliphatic rings. The van der Waals surface area contributed by atoms with Gasteiger partial charge in [-0.25, -0.2) is 0 Å². The molecule has 0 aliphatic carbocycles. The van der Waals surface area contributed by atoms with Gasteiger partial charge in [-0.1, -0.05) is 62.7 Å². The molecule has 6 nitrogen and oxygen atoms in total. The predicted molar refractivity (Wildman–Crippen MR) is 141 cm³/mol. The highest BCUT2D eigenvalue weighted by molar-refractivity contribution is 6.32. The summed E-state index contributed by atoms with van der Waals surface area (Å²) in [5, 5.41) is 3.92. The summed E-state index contributed by atoms with van der Waals surface area (Å²) in [5.41, 5.74) is 4.18. The summed E-state index contributed by atoms with van der Waals surface area (Å²) in [6.07, 6.45) is 0. The molecule has 36 heavy (non-hydrogen) atoms. The van der Waals surface area contributed by atoms with Crippen LogP contribution in [0, 0.1) is 0 Å². The van der Waals surface area contributed by atoms with Gasteiger partial charge in [0, 0.05) is 22.8 Å². The molecule has 3 aromatic rings. The van der Waals surface area contributed by atoms with E-state index in [0.717, 1.165) is 22.6 Å². The molecular weight excluding hydrogens is 476 g/mol. The Hall–Kier alpha value is -3.51. The van der Waals surface area contributed by atoms with Crippen LogP contribution in [0.25, 0.3) is 0 Å². The fourth-order valence-corrected chi connectivity index (χ4v) is 5.60. The Kier molecular flexibility index (Phi) is 6.17. The summed E-state index contributed by atoms with van der Waals surface area (Å²) in [6.45, 7) is 7.53. The number of ether oxygens (including phenoxy) is 2. The summed E-state index contributed by atoms with van der Waals surface area (Å²) >= 11 is 6.74. The van der Waals surface area contributed by atoms with Crippen molar-refractivity contribution in [3.8, 4) is 5.75 Å². The predicted octanol–water partition coefficient (Wildman–Crippen LogP) is 6.10. The SMILES string of the molecule is COC(=O)C1c2ccccc2C(=O)N(c2ccc(C(C)(C)C)c(Cl)c2)C1c1ccc2c(c1)NCCO2. The maximum Gasteiger partial charge on any atom is 0.315 e. The first kappa shape index (κ1) is 24.2. The summed E-state index contributed by atoms with van der Waals surface area (Å²) < 4.78 is 11.0. The number of benzene rings is 3. The molecule has 0 aromatic heterocycles. The van der Waals surface area contributed by atoms with E-state index in [0.29, 0.717) is 35.0 Å². The number of hydrogen-bond acceptors (Lipinski definition) is 5. The fraction of sp³-hybridized carbons (Fsp3) is 0.310. The van der Waals surface area contributed by atoms with Gasteiger partial charge in [0.1, 0.15) is 18.3 Å². The fourth-order valence-electron chi connectivity index (χ4n) is 5.14. The number of fused-ring (bicyclic) bond motifs is 2. The van der Waals surface area contributed by atoms with E-state index in [9.17, 15) is 9.59 Å². The number of carbonyl (C=O) groups is 2. The average molecular weight is 505 g/mol. The lowest BCUT2D eigenvalue weighted by atomic mass is 9.79. The van der Waals surface area contributed by atoms with Crippen LogP contribution in [0.5, 0.6) is 5.75 Å². The highest BCUT2D eigenvalue weighted by Gasteiger charge is 2.46. The standard InChI is InChI=1S/C29H29ClN2O4/c1-29(2,3)21-11-10-18(16-22(21)30)32-26(17-9-12-24-23(15-17)31-13-14-36-24)25(28(34)35-4)19-7-5-6-8-20(19)27(32)33/h5-12,15-16,25-26,31H,13-14H2,1-4H3. The van der Waals surface area contributed by atoms with Crippen molar-refractivity contribution < 1.29 is 19.1 Å². The zero-order valence-corrected chi connectivity index (χ0v) is 21.6. The van der Waals surface area contributed by atoms with Crippen molar-refractivity contribution in [1.29, 1.82) is 0 Å². The van der Waals surface area contributed by atoms with Crippen LogP contribution in [-0.4, -0.2) is 32.1 Å². The van der Waals surface area contributed by atoms with Gasteiger partial charge >= 0.3 is 5.97 Å². The van der Waals surface area contributed by atoms with Crippen molar-refractivity contribution in [3.63, 3.8) is 0 Å². The van der Waals surface area contributed by atoms with E-state index in [1.807, 2.05) is 48.5 Å². The lowest BCUT2D eigenvalue weighted by Crippen LogP contribution is -2.45. The number of amides is 1. The Morgan fingerprint density at radius 1 is 1.11 bits per heavy atom. The molecule has 7 heteroatoms. The van der Waals surface area contributed by atoms with Gasteiger partial charge in [-0.2, -0.15) is 0 Å². The molecule has 3 aromatic carbocycles. The maximum absolute atomic E-state index is 14.0. The van der Waals surface area contributed by atoms with E-state index in [4.69, 9.17) is 21.1 Å². The first-order valence-corrected chi connectivity index (χ1v) is 12.4. The number of anilines is 2. The van der Waals surface area contributed by atoms with Gasteiger partial charge in [-0.05, 0) is 52.4 Å². The van der Waals surface area contributed by atoms with Crippen molar-refractivity contribution in [2.75, 3.05) is 30.5 Å². The summed E-state index contributed by atoms with van der Waals surface area (Å²) in [7, 11) is 1.38. The topological polar surface area (TPSA) is 67.9 Å². The Balaban J connectivity index is 1.73. The Labute approximate surface area is 216 Å². The van der Waals surface area contributed by atoms with Crippen molar-refractivity contribution in [2.45, 2.75) is 38.1 Å². The van der Waals surface area contributed by atoms with E-state index in [1.54, 1.807) is 17.0 Å². The minimum atomic E-state index is -0.729. The summed E-state index contributed by atoms with van der Waals surface area (Å²) in [4.78, 5) is 29.0. The van der Waals surface area contributed by atoms with Crippen LogP contribution in [-0.2, 0) is 14.9 Å². The third-order valence-electron chi connectivity index (χ3n) is 6.85. The molecule has 2 aliphatic heterocycles. The molecule has 2 unspecified atom stereocenters. The Morgan fingerprint density at radius 3 is 2.61 bits per heavy atom. The van der Waals surface area contributed by atoms with Crippen LogP contribution >= 0.6 is 11.6 Å². The van der Waals surface area contributed by atoms with Crippen LogP contribution in [0.3, 0.4) is 0 Å². The van der Waals surface area contributed by atoms with Crippen molar-refractivity contribution in [3.05, 3.63) is 87.9 Å². The van der Waals surface area contributed by atoms with E-state index < -0.39 is 17.9 Å². The monoisotopic (exact) mass is 504 g/mol. The van der Waals surface area contributed by atoms with Crippen LogP contribution in [0.4, 0.5) is 11.4 Å². The first-order chi connectivity index (χ1) is 17.2. The average Bonchev–Trinajstić information content (AvgIpc) is 2.87. The normalized spacial score (nSPS) is 19.0. The largest absolute Gasteiger partial charge is 0.490 e. The molecule has 1 N–H and O–H groups in total. The molecule has 0 saturated carbocycles. The van der Waals surface area contributed by atoms with Gasteiger partial charge in [0.2, 0.25) is 0 Å². The second-order valence-electron chi connectivity index (χ2n) is 10.2. The van der Waals surface area contributed by atoms with Crippen molar-refractivity contribution in [2.24, 2.45) is 0 Å². The second kappa shape index (κ2) is 9.17. The maximum atomic E-state index is 14.0. The van der Waals surface area contributed by atoms with E-state index in [-0.39, 0.29) is 11.3 Å². The number of carbonyl (C=O) groups excluding carboxylic acids is 2. The minimum Gasteiger partial charge on any atom is -0.490 e. The number of methoxy groups -OCH3 is 1. The number of nitrogens with one attached hydrogen (secondary N) is 1. The second-order valence-corrected chi connectivity index (χ2v) is 10.6. The minimum absolute atomic E-state index is 0.160.